The molecule has 0 spiro atoms. The van der Waals surface area contributed by atoms with Crippen molar-refractivity contribution in [3.63, 3.8) is 0 Å². The summed E-state index contributed by atoms with van der Waals surface area (Å²) >= 11 is 4.35. The second-order valence-electron chi connectivity index (χ2n) is 4.72. The molecule has 0 aliphatic rings. The Morgan fingerprint density at radius 2 is 1.62 bits per heavy atom. The Morgan fingerprint density at radius 3 is 2.00 bits per heavy atom. The first-order valence-corrected chi connectivity index (χ1v) is 5.88. The van der Waals surface area contributed by atoms with Gasteiger partial charge in [-0.25, -0.2) is 0 Å². The van der Waals surface area contributed by atoms with Crippen molar-refractivity contribution in [1.82, 2.24) is 0 Å². The van der Waals surface area contributed by atoms with Gasteiger partial charge in [-0.05, 0) is 18.3 Å². The molecule has 2 heteroatoms. The van der Waals surface area contributed by atoms with Crippen LogP contribution in [-0.2, 0) is 0 Å². The second-order valence-corrected chi connectivity index (χ2v) is 5.53. The average Bonchev–Trinajstić information content (AvgIpc) is 2.00. The summed E-state index contributed by atoms with van der Waals surface area (Å²) in [5.41, 5.74) is 5.95. The van der Waals surface area contributed by atoms with Crippen molar-refractivity contribution in [2.24, 2.45) is 17.6 Å². The zero-order valence-electron chi connectivity index (χ0n) is 9.46. The lowest BCUT2D eigenvalue weighted by Crippen LogP contribution is -2.30. The van der Waals surface area contributed by atoms with E-state index in [0.717, 1.165) is 18.3 Å². The minimum atomic E-state index is 0.255. The Balaban J connectivity index is 3.55. The third kappa shape index (κ3) is 7.39. The molecule has 0 aliphatic heterocycles. The summed E-state index contributed by atoms with van der Waals surface area (Å²) in [5, 5.41) is 0.321. The molecule has 13 heavy (non-hydrogen) atoms. The smallest absolute Gasteiger partial charge is 0.0156 e. The molecule has 3 unspecified atom stereocenters. The van der Waals surface area contributed by atoms with Gasteiger partial charge in [0.1, 0.15) is 0 Å². The number of thiol groups is 1. The van der Waals surface area contributed by atoms with E-state index in [9.17, 15) is 0 Å². The first kappa shape index (κ1) is 13.3. The van der Waals surface area contributed by atoms with Crippen LogP contribution in [0, 0.1) is 11.8 Å². The van der Waals surface area contributed by atoms with Crippen molar-refractivity contribution in [2.45, 2.75) is 58.2 Å². The van der Waals surface area contributed by atoms with Crippen LogP contribution in [0.25, 0.3) is 0 Å². The summed E-state index contributed by atoms with van der Waals surface area (Å²) in [6, 6.07) is 0.255. The number of nitrogens with two attached hydrogens (primary N) is 1. The fraction of sp³-hybridized carbons (Fsp3) is 1.00. The van der Waals surface area contributed by atoms with Gasteiger partial charge in [0.15, 0.2) is 0 Å². The van der Waals surface area contributed by atoms with Crippen LogP contribution >= 0.6 is 12.6 Å². The second kappa shape index (κ2) is 6.72. The Bertz CT molecular complexity index is 123. The van der Waals surface area contributed by atoms with E-state index in [1.165, 1.54) is 12.8 Å². The van der Waals surface area contributed by atoms with Gasteiger partial charge in [-0.1, -0.05) is 40.5 Å². The van der Waals surface area contributed by atoms with Crippen LogP contribution < -0.4 is 5.73 Å². The predicted molar refractivity (Wildman–Crippen MR) is 64.3 cm³/mol. The van der Waals surface area contributed by atoms with Crippen molar-refractivity contribution >= 4 is 12.6 Å². The highest BCUT2D eigenvalue weighted by molar-refractivity contribution is 7.81. The molecule has 0 bridgehead atoms. The minimum Gasteiger partial charge on any atom is -0.327 e. The maximum Gasteiger partial charge on any atom is 0.0156 e. The Morgan fingerprint density at radius 1 is 1.08 bits per heavy atom. The standard InChI is InChI=1S/C11H25NS/c1-8(2)5-6-9(3)7-11(12)10(4)13/h8-11,13H,5-7,12H2,1-4H3. The fourth-order valence-electron chi connectivity index (χ4n) is 1.40. The minimum absolute atomic E-state index is 0.255. The van der Waals surface area contributed by atoms with Gasteiger partial charge in [-0.3, -0.25) is 0 Å². The van der Waals surface area contributed by atoms with Crippen LogP contribution in [0.3, 0.4) is 0 Å². The van der Waals surface area contributed by atoms with Gasteiger partial charge >= 0.3 is 0 Å². The Labute approximate surface area is 88.9 Å². The highest BCUT2D eigenvalue weighted by Crippen LogP contribution is 2.18. The molecule has 0 fully saturated rings. The van der Waals surface area contributed by atoms with E-state index in [-0.39, 0.29) is 6.04 Å². The lowest BCUT2D eigenvalue weighted by molar-refractivity contribution is 0.396. The third-order valence-corrected chi connectivity index (χ3v) is 2.91. The highest BCUT2D eigenvalue weighted by atomic mass is 32.1. The topological polar surface area (TPSA) is 26.0 Å². The predicted octanol–water partition coefficient (Wildman–Crippen LogP) is 3.09. The van der Waals surface area contributed by atoms with Crippen molar-refractivity contribution < 1.29 is 0 Å². The molecule has 0 saturated heterocycles. The quantitative estimate of drug-likeness (QED) is 0.637. The maximum absolute atomic E-state index is 5.95. The molecule has 0 rings (SSSR count). The van der Waals surface area contributed by atoms with Crippen LogP contribution in [0.1, 0.15) is 47.0 Å². The van der Waals surface area contributed by atoms with Gasteiger partial charge < -0.3 is 5.73 Å². The van der Waals surface area contributed by atoms with E-state index in [1.807, 2.05) is 0 Å². The molecule has 0 aliphatic carbocycles. The van der Waals surface area contributed by atoms with Crippen molar-refractivity contribution in [3.05, 3.63) is 0 Å². The van der Waals surface area contributed by atoms with Gasteiger partial charge in [0.2, 0.25) is 0 Å². The van der Waals surface area contributed by atoms with Gasteiger partial charge in [-0.15, -0.1) is 0 Å². The largest absolute Gasteiger partial charge is 0.327 e. The highest BCUT2D eigenvalue weighted by Gasteiger charge is 2.12. The lowest BCUT2D eigenvalue weighted by Gasteiger charge is -2.20. The van der Waals surface area contributed by atoms with Crippen molar-refractivity contribution in [1.29, 1.82) is 0 Å². The molecule has 0 aromatic carbocycles. The number of rotatable bonds is 6. The van der Waals surface area contributed by atoms with E-state index in [4.69, 9.17) is 5.73 Å². The van der Waals surface area contributed by atoms with Gasteiger partial charge in [0.05, 0.1) is 0 Å². The van der Waals surface area contributed by atoms with Crippen LogP contribution in [-0.4, -0.2) is 11.3 Å². The third-order valence-electron chi connectivity index (χ3n) is 2.53. The monoisotopic (exact) mass is 203 g/mol. The molecular formula is C11H25NS. The molecule has 2 N–H and O–H groups in total. The van der Waals surface area contributed by atoms with Gasteiger partial charge in [0.25, 0.3) is 0 Å². The average molecular weight is 203 g/mol. The molecule has 3 atom stereocenters. The molecule has 0 saturated carbocycles. The summed E-state index contributed by atoms with van der Waals surface area (Å²) in [6.07, 6.45) is 3.72. The van der Waals surface area contributed by atoms with E-state index in [1.54, 1.807) is 0 Å². The zero-order chi connectivity index (χ0) is 10.4. The Kier molecular flexibility index (Phi) is 6.88. The lowest BCUT2D eigenvalue weighted by atomic mass is 9.93. The maximum atomic E-state index is 5.95. The summed E-state index contributed by atoms with van der Waals surface area (Å²) < 4.78 is 0. The molecule has 0 radical (unpaired) electrons. The molecule has 0 amide bonds. The van der Waals surface area contributed by atoms with E-state index >= 15 is 0 Å². The van der Waals surface area contributed by atoms with E-state index in [0.29, 0.717) is 5.25 Å². The molecule has 0 heterocycles. The van der Waals surface area contributed by atoms with Gasteiger partial charge in [0, 0.05) is 11.3 Å². The summed E-state index contributed by atoms with van der Waals surface area (Å²) in [4.78, 5) is 0. The van der Waals surface area contributed by atoms with Gasteiger partial charge in [-0.2, -0.15) is 12.6 Å². The summed E-state index contributed by atoms with van der Waals surface area (Å²) in [7, 11) is 0. The Hall–Kier alpha value is 0.310. The molecule has 0 aromatic rings. The molecule has 0 aromatic heterocycles. The number of hydrogen-bond donors (Lipinski definition) is 2. The van der Waals surface area contributed by atoms with Crippen LogP contribution in [0.15, 0.2) is 0 Å². The number of hydrogen-bond acceptors (Lipinski definition) is 2. The van der Waals surface area contributed by atoms with Crippen LogP contribution in [0.5, 0.6) is 0 Å². The van der Waals surface area contributed by atoms with E-state index < -0.39 is 0 Å². The fourth-order valence-corrected chi connectivity index (χ4v) is 1.52. The van der Waals surface area contributed by atoms with Crippen LogP contribution in [0.2, 0.25) is 0 Å². The van der Waals surface area contributed by atoms with E-state index in [2.05, 4.69) is 40.3 Å². The molecule has 80 valence electrons. The summed E-state index contributed by atoms with van der Waals surface area (Å²) in [5.74, 6) is 1.55. The molecule has 1 nitrogen and oxygen atoms in total. The summed E-state index contributed by atoms with van der Waals surface area (Å²) in [6.45, 7) is 8.91. The SMILES string of the molecule is CC(C)CCC(C)CC(N)C(C)S. The first-order chi connectivity index (χ1) is 5.93. The van der Waals surface area contributed by atoms with Crippen molar-refractivity contribution in [2.75, 3.05) is 0 Å². The zero-order valence-corrected chi connectivity index (χ0v) is 10.3. The van der Waals surface area contributed by atoms with Crippen LogP contribution in [0.4, 0.5) is 0 Å². The van der Waals surface area contributed by atoms with Crippen molar-refractivity contribution in [3.8, 4) is 0 Å². The first-order valence-electron chi connectivity index (χ1n) is 5.37. The normalized spacial score (nSPS) is 18.7. The molecular weight excluding hydrogens is 178 g/mol.